The Kier molecular flexibility index (Phi) is 7.47. The molecule has 1 aromatic carbocycles. The van der Waals surface area contributed by atoms with Crippen LogP contribution >= 0.6 is 0 Å². The van der Waals surface area contributed by atoms with Crippen molar-refractivity contribution in [3.05, 3.63) is 53.9 Å². The molecule has 0 bridgehead atoms. The van der Waals surface area contributed by atoms with Gasteiger partial charge in [-0.3, -0.25) is 4.90 Å². The standard InChI is InChI=1S/C23H33N5O/c1-5-24-23(27-20-10-12-28(13-11-20)15-17(2)3)25-14-21-16-29-22(26-21)19-8-6-18(4)7-9-19/h6-9,16,20H,2,5,10-15H2,1,3-4H3,(H2,24,25,27). The Morgan fingerprint density at radius 2 is 2.00 bits per heavy atom. The van der Waals surface area contributed by atoms with Crippen LogP contribution in [0.2, 0.25) is 0 Å². The summed E-state index contributed by atoms with van der Waals surface area (Å²) in [6.45, 7) is 14.8. The van der Waals surface area contributed by atoms with Gasteiger partial charge in [-0.15, -0.1) is 0 Å². The molecule has 0 saturated carbocycles. The SMILES string of the molecule is C=C(C)CN1CCC(NC(=NCc2coc(-c3ccc(C)cc3)n2)NCC)CC1. The number of rotatable bonds is 7. The average molecular weight is 396 g/mol. The second-order valence-corrected chi connectivity index (χ2v) is 7.86. The lowest BCUT2D eigenvalue weighted by Crippen LogP contribution is -2.48. The molecule has 156 valence electrons. The van der Waals surface area contributed by atoms with E-state index in [2.05, 4.69) is 60.0 Å². The molecule has 0 aliphatic carbocycles. The van der Waals surface area contributed by atoms with Crippen LogP contribution in [0, 0.1) is 6.92 Å². The molecule has 1 aliphatic rings. The molecule has 1 aliphatic heterocycles. The highest BCUT2D eigenvalue weighted by atomic mass is 16.3. The fourth-order valence-corrected chi connectivity index (χ4v) is 3.50. The van der Waals surface area contributed by atoms with Crippen LogP contribution in [-0.2, 0) is 6.54 Å². The van der Waals surface area contributed by atoms with Crippen LogP contribution in [-0.4, -0.2) is 48.1 Å². The van der Waals surface area contributed by atoms with Crippen LogP contribution < -0.4 is 10.6 Å². The predicted octanol–water partition coefficient (Wildman–Crippen LogP) is 3.75. The fraction of sp³-hybridized carbons (Fsp3) is 0.478. The maximum atomic E-state index is 5.64. The number of likely N-dealkylation sites (tertiary alicyclic amines) is 1. The Labute approximate surface area is 174 Å². The molecule has 2 N–H and O–H groups in total. The number of nitrogens with zero attached hydrogens (tertiary/aromatic N) is 3. The van der Waals surface area contributed by atoms with E-state index in [4.69, 9.17) is 9.41 Å². The summed E-state index contributed by atoms with van der Waals surface area (Å²) >= 11 is 0. The Morgan fingerprint density at radius 3 is 2.66 bits per heavy atom. The van der Waals surface area contributed by atoms with Crippen LogP contribution in [0.15, 0.2) is 52.1 Å². The lowest BCUT2D eigenvalue weighted by molar-refractivity contribution is 0.221. The van der Waals surface area contributed by atoms with E-state index in [9.17, 15) is 0 Å². The first-order chi connectivity index (χ1) is 14.0. The van der Waals surface area contributed by atoms with Crippen LogP contribution in [0.5, 0.6) is 0 Å². The van der Waals surface area contributed by atoms with Crippen molar-refractivity contribution in [3.63, 3.8) is 0 Å². The van der Waals surface area contributed by atoms with Gasteiger partial charge in [0.25, 0.3) is 0 Å². The van der Waals surface area contributed by atoms with Crippen molar-refractivity contribution in [1.29, 1.82) is 0 Å². The van der Waals surface area contributed by atoms with Gasteiger partial charge in [-0.1, -0.05) is 29.8 Å². The van der Waals surface area contributed by atoms with Gasteiger partial charge in [-0.2, -0.15) is 0 Å². The van der Waals surface area contributed by atoms with E-state index in [0.717, 1.165) is 56.2 Å². The summed E-state index contributed by atoms with van der Waals surface area (Å²) < 4.78 is 5.64. The third-order valence-corrected chi connectivity index (χ3v) is 5.02. The number of hydrogen-bond acceptors (Lipinski definition) is 4. The minimum atomic E-state index is 0.439. The van der Waals surface area contributed by atoms with Crippen LogP contribution in [0.4, 0.5) is 0 Å². The molecule has 1 saturated heterocycles. The number of guanidine groups is 1. The van der Waals surface area contributed by atoms with Crippen LogP contribution in [0.25, 0.3) is 11.5 Å². The van der Waals surface area contributed by atoms with E-state index in [-0.39, 0.29) is 0 Å². The summed E-state index contributed by atoms with van der Waals surface area (Å²) in [7, 11) is 0. The van der Waals surface area contributed by atoms with Crippen LogP contribution in [0.3, 0.4) is 0 Å². The predicted molar refractivity (Wildman–Crippen MR) is 119 cm³/mol. The first-order valence-corrected chi connectivity index (χ1v) is 10.5. The van der Waals surface area contributed by atoms with Crippen molar-refractivity contribution in [3.8, 4) is 11.5 Å². The Balaban J connectivity index is 1.56. The molecule has 0 atom stereocenters. The quantitative estimate of drug-likeness (QED) is 0.425. The summed E-state index contributed by atoms with van der Waals surface area (Å²) in [5, 5.41) is 6.92. The first kappa shape index (κ1) is 21.1. The third-order valence-electron chi connectivity index (χ3n) is 5.02. The first-order valence-electron chi connectivity index (χ1n) is 10.5. The fourth-order valence-electron chi connectivity index (χ4n) is 3.50. The van der Waals surface area contributed by atoms with Crippen molar-refractivity contribution in [2.75, 3.05) is 26.2 Å². The van der Waals surface area contributed by atoms with Gasteiger partial charge in [0.15, 0.2) is 5.96 Å². The summed E-state index contributed by atoms with van der Waals surface area (Å²) in [5.74, 6) is 1.48. The maximum absolute atomic E-state index is 5.64. The Bertz CT molecular complexity index is 816. The molecule has 29 heavy (non-hydrogen) atoms. The van der Waals surface area contributed by atoms with E-state index in [1.807, 2.05) is 12.1 Å². The Hall–Kier alpha value is -2.60. The molecule has 0 radical (unpaired) electrons. The van der Waals surface area contributed by atoms with E-state index in [0.29, 0.717) is 18.5 Å². The number of aryl methyl sites for hydroxylation is 1. The van der Waals surface area contributed by atoms with E-state index in [1.165, 1.54) is 11.1 Å². The average Bonchev–Trinajstić information content (AvgIpc) is 3.17. The normalized spacial score (nSPS) is 16.0. The van der Waals surface area contributed by atoms with Gasteiger partial charge in [0.1, 0.15) is 12.0 Å². The van der Waals surface area contributed by atoms with Crippen molar-refractivity contribution >= 4 is 5.96 Å². The number of oxazole rings is 1. The highest BCUT2D eigenvalue weighted by molar-refractivity contribution is 5.80. The molecule has 2 aromatic rings. The molecule has 0 unspecified atom stereocenters. The Morgan fingerprint density at radius 1 is 1.28 bits per heavy atom. The van der Waals surface area contributed by atoms with Gasteiger partial charge in [0.05, 0.1) is 6.54 Å². The van der Waals surface area contributed by atoms with Gasteiger partial charge in [0.2, 0.25) is 5.89 Å². The molecular formula is C23H33N5O. The van der Waals surface area contributed by atoms with E-state index >= 15 is 0 Å². The van der Waals surface area contributed by atoms with Gasteiger partial charge >= 0.3 is 0 Å². The number of hydrogen-bond donors (Lipinski definition) is 2. The molecular weight excluding hydrogens is 362 g/mol. The van der Waals surface area contributed by atoms with Crippen LogP contribution in [0.1, 0.15) is 37.9 Å². The van der Waals surface area contributed by atoms with Crippen molar-refractivity contribution in [2.45, 2.75) is 46.2 Å². The van der Waals surface area contributed by atoms with E-state index in [1.54, 1.807) is 6.26 Å². The largest absolute Gasteiger partial charge is 0.444 e. The summed E-state index contributed by atoms with van der Waals surface area (Å²) in [6, 6.07) is 8.62. The number of benzene rings is 1. The third kappa shape index (κ3) is 6.46. The highest BCUT2D eigenvalue weighted by Gasteiger charge is 2.19. The molecule has 0 amide bonds. The second-order valence-electron chi connectivity index (χ2n) is 7.86. The smallest absolute Gasteiger partial charge is 0.226 e. The van der Waals surface area contributed by atoms with Crippen molar-refractivity contribution < 1.29 is 4.42 Å². The highest BCUT2D eigenvalue weighted by Crippen LogP contribution is 2.19. The summed E-state index contributed by atoms with van der Waals surface area (Å²) in [4.78, 5) is 11.8. The summed E-state index contributed by atoms with van der Waals surface area (Å²) in [5.41, 5.74) is 4.26. The lowest BCUT2D eigenvalue weighted by atomic mass is 10.0. The zero-order valence-corrected chi connectivity index (χ0v) is 17.9. The molecule has 1 fully saturated rings. The van der Waals surface area contributed by atoms with Crippen molar-refractivity contribution in [1.82, 2.24) is 20.5 Å². The monoisotopic (exact) mass is 395 g/mol. The maximum Gasteiger partial charge on any atom is 0.226 e. The molecule has 1 aromatic heterocycles. The minimum Gasteiger partial charge on any atom is -0.444 e. The van der Waals surface area contributed by atoms with Gasteiger partial charge in [-0.05, 0) is 45.7 Å². The number of piperidine rings is 1. The lowest BCUT2D eigenvalue weighted by Gasteiger charge is -2.33. The number of aliphatic imine (C=N–C) groups is 1. The molecule has 6 heteroatoms. The topological polar surface area (TPSA) is 65.7 Å². The second kappa shape index (κ2) is 10.3. The molecule has 0 spiro atoms. The molecule has 2 heterocycles. The van der Waals surface area contributed by atoms with E-state index < -0.39 is 0 Å². The minimum absolute atomic E-state index is 0.439. The summed E-state index contributed by atoms with van der Waals surface area (Å²) in [6.07, 6.45) is 3.91. The molecule has 6 nitrogen and oxygen atoms in total. The van der Waals surface area contributed by atoms with Gasteiger partial charge in [-0.25, -0.2) is 9.98 Å². The zero-order valence-electron chi connectivity index (χ0n) is 17.9. The van der Waals surface area contributed by atoms with Gasteiger partial charge in [0, 0.05) is 37.8 Å². The zero-order chi connectivity index (χ0) is 20.6. The molecule has 3 rings (SSSR count). The number of aromatic nitrogens is 1. The number of nitrogens with one attached hydrogen (secondary N) is 2. The van der Waals surface area contributed by atoms with Gasteiger partial charge < -0.3 is 15.1 Å². The van der Waals surface area contributed by atoms with Crippen molar-refractivity contribution in [2.24, 2.45) is 4.99 Å².